The van der Waals surface area contributed by atoms with Crippen LogP contribution >= 0.6 is 0 Å². The number of nitrogens with zero attached hydrogens (tertiary/aromatic N) is 1. The van der Waals surface area contributed by atoms with Crippen LogP contribution in [0.4, 0.5) is 17.1 Å². The largest absolute Gasteiger partial charge is 0.385 e. The molecular weight excluding hydrogens is 408 g/mol. The first-order valence-electron chi connectivity index (χ1n) is 10.2. The van der Waals surface area contributed by atoms with Gasteiger partial charge in [-0.15, -0.1) is 0 Å². The first-order valence-corrected chi connectivity index (χ1v) is 10.2. The van der Waals surface area contributed by atoms with Gasteiger partial charge < -0.3 is 16.0 Å². The van der Waals surface area contributed by atoms with Gasteiger partial charge in [0.2, 0.25) is 5.91 Å². The fourth-order valence-corrected chi connectivity index (χ4v) is 3.06. The molecule has 3 rings (SSSR count). The number of carbonyl (C=O) groups excluding carboxylic acids is 2. The van der Waals surface area contributed by atoms with Crippen LogP contribution in [-0.2, 0) is 11.3 Å². The van der Waals surface area contributed by atoms with Crippen molar-refractivity contribution in [2.45, 2.75) is 19.4 Å². The van der Waals surface area contributed by atoms with Crippen molar-refractivity contribution in [3.05, 3.63) is 100 Å². The summed E-state index contributed by atoms with van der Waals surface area (Å²) >= 11 is 0. The monoisotopic (exact) mass is 432 g/mol. The molecule has 0 unspecified atom stereocenters. The number of para-hydroxylation sites is 1. The second-order valence-corrected chi connectivity index (χ2v) is 7.10. The average molecular weight is 432 g/mol. The van der Waals surface area contributed by atoms with Crippen LogP contribution in [0, 0.1) is 10.1 Å². The Morgan fingerprint density at radius 2 is 1.56 bits per heavy atom. The lowest BCUT2D eigenvalue weighted by molar-refractivity contribution is -0.384. The van der Waals surface area contributed by atoms with Gasteiger partial charge in [-0.25, -0.2) is 0 Å². The van der Waals surface area contributed by atoms with Crippen molar-refractivity contribution in [2.75, 3.05) is 17.2 Å². The molecule has 32 heavy (non-hydrogen) atoms. The Bertz CT molecular complexity index is 1070. The summed E-state index contributed by atoms with van der Waals surface area (Å²) in [4.78, 5) is 35.2. The first kappa shape index (κ1) is 22.5. The number of anilines is 2. The van der Waals surface area contributed by atoms with Crippen molar-refractivity contribution in [1.29, 1.82) is 0 Å². The molecule has 0 saturated heterocycles. The molecule has 0 aromatic heterocycles. The zero-order valence-corrected chi connectivity index (χ0v) is 17.4. The molecule has 0 bridgehead atoms. The van der Waals surface area contributed by atoms with Crippen LogP contribution in [0.25, 0.3) is 0 Å². The Balaban J connectivity index is 1.46. The van der Waals surface area contributed by atoms with Crippen molar-refractivity contribution in [2.24, 2.45) is 0 Å². The fraction of sp³-hybridized carbons (Fsp3) is 0.167. The summed E-state index contributed by atoms with van der Waals surface area (Å²) in [6.45, 7) is 0.931. The maximum atomic E-state index is 12.6. The summed E-state index contributed by atoms with van der Waals surface area (Å²) in [6.07, 6.45) is 0.825. The van der Waals surface area contributed by atoms with E-state index in [2.05, 4.69) is 16.0 Å². The van der Waals surface area contributed by atoms with Crippen molar-refractivity contribution in [3.63, 3.8) is 0 Å². The fourth-order valence-electron chi connectivity index (χ4n) is 3.06. The molecule has 3 N–H and O–H groups in total. The number of non-ortho nitro benzene ring substituents is 1. The van der Waals surface area contributed by atoms with Crippen molar-refractivity contribution >= 4 is 28.9 Å². The Labute approximate surface area is 185 Å². The Kier molecular flexibility index (Phi) is 7.91. The molecule has 0 aliphatic carbocycles. The highest BCUT2D eigenvalue weighted by atomic mass is 16.6. The highest BCUT2D eigenvalue weighted by Gasteiger charge is 2.13. The van der Waals surface area contributed by atoms with Crippen LogP contribution < -0.4 is 16.0 Å². The van der Waals surface area contributed by atoms with Gasteiger partial charge in [0.1, 0.15) is 0 Å². The van der Waals surface area contributed by atoms with Crippen molar-refractivity contribution in [3.8, 4) is 0 Å². The van der Waals surface area contributed by atoms with Gasteiger partial charge in [-0.05, 0) is 36.2 Å². The normalized spacial score (nSPS) is 10.2. The minimum atomic E-state index is -0.451. The summed E-state index contributed by atoms with van der Waals surface area (Å²) in [7, 11) is 0. The molecule has 0 spiro atoms. The average Bonchev–Trinajstić information content (AvgIpc) is 2.81. The molecule has 8 nitrogen and oxygen atoms in total. The maximum Gasteiger partial charge on any atom is 0.269 e. The number of amides is 2. The first-order chi connectivity index (χ1) is 15.5. The van der Waals surface area contributed by atoms with Crippen molar-refractivity contribution < 1.29 is 14.5 Å². The summed E-state index contributed by atoms with van der Waals surface area (Å²) in [5, 5.41) is 19.5. The molecule has 3 aromatic carbocycles. The molecule has 0 aliphatic rings. The third kappa shape index (κ3) is 6.66. The standard InChI is InChI=1S/C24H24N4O4/c29-23(11-6-16-25-19-12-14-20(15-13-19)28(31)32)27-22-10-5-4-9-21(22)24(30)26-17-18-7-2-1-3-8-18/h1-5,7-10,12-15,25H,6,11,16-17H2,(H,26,30)(H,27,29). The van der Waals surface area contributed by atoms with E-state index in [-0.39, 0.29) is 23.9 Å². The van der Waals surface area contributed by atoms with Gasteiger partial charge in [-0.3, -0.25) is 19.7 Å². The Hall–Kier alpha value is -4.20. The highest BCUT2D eigenvalue weighted by Crippen LogP contribution is 2.17. The lowest BCUT2D eigenvalue weighted by Gasteiger charge is -2.12. The summed E-state index contributed by atoms with van der Waals surface area (Å²) in [6, 6.07) is 22.6. The number of carbonyl (C=O) groups is 2. The summed E-state index contributed by atoms with van der Waals surface area (Å²) in [5.41, 5.74) is 2.63. The lowest BCUT2D eigenvalue weighted by Crippen LogP contribution is -2.25. The van der Waals surface area contributed by atoms with E-state index in [1.165, 1.54) is 12.1 Å². The number of nitro benzene ring substituents is 1. The van der Waals surface area contributed by atoms with Crippen LogP contribution in [0.3, 0.4) is 0 Å². The Morgan fingerprint density at radius 1 is 0.875 bits per heavy atom. The van der Waals surface area contributed by atoms with E-state index in [1.54, 1.807) is 36.4 Å². The highest BCUT2D eigenvalue weighted by molar-refractivity contribution is 6.03. The van der Waals surface area contributed by atoms with Crippen LogP contribution in [0.2, 0.25) is 0 Å². The van der Waals surface area contributed by atoms with Gasteiger partial charge in [0.05, 0.1) is 16.2 Å². The zero-order valence-electron chi connectivity index (χ0n) is 17.4. The van der Waals surface area contributed by atoms with Gasteiger partial charge in [-0.1, -0.05) is 42.5 Å². The molecule has 0 heterocycles. The van der Waals surface area contributed by atoms with E-state index in [1.807, 2.05) is 30.3 Å². The van der Waals surface area contributed by atoms with Crippen LogP contribution in [-0.4, -0.2) is 23.3 Å². The molecule has 8 heteroatoms. The molecule has 2 amide bonds. The number of nitrogens with one attached hydrogen (secondary N) is 3. The predicted octanol–water partition coefficient (Wildman–Crippen LogP) is 4.36. The molecular formula is C24H24N4O4. The van der Waals surface area contributed by atoms with Gasteiger partial charge >= 0.3 is 0 Å². The van der Waals surface area contributed by atoms with E-state index in [9.17, 15) is 19.7 Å². The molecule has 0 aliphatic heterocycles. The predicted molar refractivity (Wildman–Crippen MR) is 124 cm³/mol. The van der Waals surface area contributed by atoms with E-state index >= 15 is 0 Å². The lowest BCUT2D eigenvalue weighted by atomic mass is 10.1. The second-order valence-electron chi connectivity index (χ2n) is 7.10. The number of hydrogen-bond acceptors (Lipinski definition) is 5. The van der Waals surface area contributed by atoms with E-state index in [0.717, 1.165) is 11.3 Å². The van der Waals surface area contributed by atoms with E-state index in [0.29, 0.717) is 30.8 Å². The molecule has 3 aromatic rings. The van der Waals surface area contributed by atoms with Crippen LogP contribution in [0.5, 0.6) is 0 Å². The molecule has 0 radical (unpaired) electrons. The summed E-state index contributed by atoms with van der Waals surface area (Å²) < 4.78 is 0. The number of benzene rings is 3. The molecule has 0 fully saturated rings. The number of rotatable bonds is 10. The van der Waals surface area contributed by atoms with E-state index < -0.39 is 4.92 Å². The Morgan fingerprint density at radius 3 is 2.28 bits per heavy atom. The number of hydrogen-bond donors (Lipinski definition) is 3. The smallest absolute Gasteiger partial charge is 0.269 e. The minimum Gasteiger partial charge on any atom is -0.385 e. The van der Waals surface area contributed by atoms with Gasteiger partial charge in [-0.2, -0.15) is 0 Å². The quantitative estimate of drug-likeness (QED) is 0.250. The van der Waals surface area contributed by atoms with Crippen LogP contribution in [0.15, 0.2) is 78.9 Å². The molecule has 0 saturated carbocycles. The molecule has 164 valence electrons. The van der Waals surface area contributed by atoms with Gasteiger partial charge in [0.15, 0.2) is 0 Å². The van der Waals surface area contributed by atoms with E-state index in [4.69, 9.17) is 0 Å². The molecule has 0 atom stereocenters. The number of nitro groups is 1. The van der Waals surface area contributed by atoms with Crippen molar-refractivity contribution in [1.82, 2.24) is 5.32 Å². The van der Waals surface area contributed by atoms with Crippen LogP contribution in [0.1, 0.15) is 28.8 Å². The zero-order chi connectivity index (χ0) is 22.8. The second kappa shape index (κ2) is 11.3. The van der Waals surface area contributed by atoms with Gasteiger partial charge in [0, 0.05) is 37.3 Å². The minimum absolute atomic E-state index is 0.0291. The summed E-state index contributed by atoms with van der Waals surface area (Å²) in [5.74, 6) is -0.455. The third-order valence-corrected chi connectivity index (χ3v) is 4.73. The SMILES string of the molecule is O=C(CCCNc1ccc([N+](=O)[O-])cc1)Nc1ccccc1C(=O)NCc1ccccc1. The van der Waals surface area contributed by atoms with Gasteiger partial charge in [0.25, 0.3) is 11.6 Å². The maximum absolute atomic E-state index is 12.6. The topological polar surface area (TPSA) is 113 Å². The third-order valence-electron chi connectivity index (χ3n) is 4.73.